The molecule has 0 unspecified atom stereocenters. The van der Waals surface area contributed by atoms with Gasteiger partial charge in [0.25, 0.3) is 5.91 Å². The Bertz CT molecular complexity index is 630. The first-order chi connectivity index (χ1) is 10.6. The van der Waals surface area contributed by atoms with Gasteiger partial charge in [0.2, 0.25) is 0 Å². The molecule has 0 aromatic heterocycles. The summed E-state index contributed by atoms with van der Waals surface area (Å²) in [5.74, 6) is -0.246. The van der Waals surface area contributed by atoms with Gasteiger partial charge in [0.1, 0.15) is 6.17 Å². The first-order valence-electron chi connectivity index (χ1n) is 7.69. The molecule has 2 saturated heterocycles. The second-order valence-corrected chi connectivity index (χ2v) is 7.54. The summed E-state index contributed by atoms with van der Waals surface area (Å²) < 4.78 is 24.8. The van der Waals surface area contributed by atoms with Crippen LogP contribution in [0, 0.1) is 0 Å². The Morgan fingerprint density at radius 3 is 2.30 bits per heavy atom. The number of rotatable bonds is 2. The van der Waals surface area contributed by atoms with Crippen molar-refractivity contribution in [2.45, 2.75) is 45.1 Å². The third-order valence-electron chi connectivity index (χ3n) is 4.87. The van der Waals surface area contributed by atoms with Crippen molar-refractivity contribution in [3.8, 4) is 0 Å². The molecule has 2 aliphatic heterocycles. The SMILES string of the molecule is CC1(C)OB(c2ccc(C(=O)N3CC(F)C3)c(Cl)c2)OC1(C)C. The highest BCUT2D eigenvalue weighted by molar-refractivity contribution is 6.62. The number of alkyl halides is 1. The maximum Gasteiger partial charge on any atom is 0.494 e. The lowest BCUT2D eigenvalue weighted by atomic mass is 9.79. The van der Waals surface area contributed by atoms with Crippen LogP contribution < -0.4 is 5.46 Å². The quantitative estimate of drug-likeness (QED) is 0.777. The first-order valence-corrected chi connectivity index (χ1v) is 8.07. The molecule has 23 heavy (non-hydrogen) atoms. The van der Waals surface area contributed by atoms with Gasteiger partial charge in [-0.2, -0.15) is 0 Å². The van der Waals surface area contributed by atoms with Gasteiger partial charge in [-0.3, -0.25) is 4.79 Å². The molecule has 1 aromatic carbocycles. The lowest BCUT2D eigenvalue weighted by Gasteiger charge is -2.34. The molecule has 0 atom stereocenters. The molecule has 0 N–H and O–H groups in total. The van der Waals surface area contributed by atoms with Crippen molar-refractivity contribution in [3.63, 3.8) is 0 Å². The van der Waals surface area contributed by atoms with E-state index >= 15 is 0 Å². The molecule has 0 spiro atoms. The zero-order chi connectivity index (χ0) is 17.0. The lowest BCUT2D eigenvalue weighted by molar-refractivity contribution is 0.00578. The summed E-state index contributed by atoms with van der Waals surface area (Å²) in [5, 5.41) is 0.324. The third kappa shape index (κ3) is 2.88. The predicted molar refractivity (Wildman–Crippen MR) is 88.0 cm³/mol. The first kappa shape index (κ1) is 16.7. The predicted octanol–water partition coefficient (Wildman–Crippen LogP) is 2.43. The average molecular weight is 340 g/mol. The van der Waals surface area contributed by atoms with Gasteiger partial charge in [-0.05, 0) is 45.3 Å². The summed E-state index contributed by atoms with van der Waals surface area (Å²) in [6.45, 7) is 8.17. The van der Waals surface area contributed by atoms with Gasteiger partial charge in [-0.1, -0.05) is 17.7 Å². The highest BCUT2D eigenvalue weighted by atomic mass is 35.5. The van der Waals surface area contributed by atoms with Crippen molar-refractivity contribution in [1.29, 1.82) is 0 Å². The largest absolute Gasteiger partial charge is 0.494 e. The van der Waals surface area contributed by atoms with Crippen molar-refractivity contribution in [3.05, 3.63) is 28.8 Å². The summed E-state index contributed by atoms with van der Waals surface area (Å²) >= 11 is 6.25. The molecular formula is C16H20BClFNO3. The van der Waals surface area contributed by atoms with E-state index in [1.165, 1.54) is 4.90 Å². The Kier molecular flexibility index (Phi) is 3.98. The molecule has 2 fully saturated rings. The second-order valence-electron chi connectivity index (χ2n) is 7.13. The van der Waals surface area contributed by atoms with Crippen molar-refractivity contribution >= 4 is 30.1 Å². The van der Waals surface area contributed by atoms with E-state index < -0.39 is 24.5 Å². The van der Waals surface area contributed by atoms with Crippen LogP contribution in [-0.2, 0) is 9.31 Å². The molecule has 3 rings (SSSR count). The fourth-order valence-electron chi connectivity index (χ4n) is 2.59. The molecule has 124 valence electrons. The number of carbonyl (C=O) groups excluding carboxylic acids is 1. The van der Waals surface area contributed by atoms with Crippen LogP contribution in [0.4, 0.5) is 4.39 Å². The van der Waals surface area contributed by atoms with Crippen LogP contribution in [0.5, 0.6) is 0 Å². The number of likely N-dealkylation sites (tertiary alicyclic amines) is 1. The maximum absolute atomic E-state index is 12.9. The summed E-state index contributed by atoms with van der Waals surface area (Å²) in [7, 11) is -0.527. The molecule has 0 aliphatic carbocycles. The monoisotopic (exact) mass is 339 g/mol. The standard InChI is InChI=1S/C16H20BClFNO3/c1-15(2)16(3,4)23-17(22-15)10-5-6-12(13(18)7-10)14(21)20-8-11(19)9-20/h5-7,11H,8-9H2,1-4H3. The zero-order valence-electron chi connectivity index (χ0n) is 13.7. The van der Waals surface area contributed by atoms with Gasteiger partial charge in [-0.25, -0.2) is 4.39 Å². The topological polar surface area (TPSA) is 38.8 Å². The van der Waals surface area contributed by atoms with Crippen molar-refractivity contribution in [2.75, 3.05) is 13.1 Å². The van der Waals surface area contributed by atoms with E-state index in [2.05, 4.69) is 0 Å². The number of benzene rings is 1. The fraction of sp³-hybridized carbons (Fsp3) is 0.562. The molecule has 4 nitrogen and oxygen atoms in total. The number of carbonyl (C=O) groups is 1. The molecule has 2 heterocycles. The van der Waals surface area contributed by atoms with Crippen LogP contribution in [-0.4, -0.2) is 48.4 Å². The number of hydrogen-bond acceptors (Lipinski definition) is 3. The van der Waals surface area contributed by atoms with Crippen molar-refractivity contribution in [1.82, 2.24) is 4.90 Å². The molecule has 7 heteroatoms. The van der Waals surface area contributed by atoms with E-state index in [4.69, 9.17) is 20.9 Å². The Balaban J connectivity index is 1.79. The van der Waals surface area contributed by atoms with Crippen LogP contribution in [0.15, 0.2) is 18.2 Å². The van der Waals surface area contributed by atoms with Crippen LogP contribution in [0.3, 0.4) is 0 Å². The molecule has 1 amide bonds. The Labute approximate surface area is 141 Å². The van der Waals surface area contributed by atoms with E-state index in [1.54, 1.807) is 18.2 Å². The maximum atomic E-state index is 12.9. The lowest BCUT2D eigenvalue weighted by Crippen LogP contribution is -2.51. The molecular weight excluding hydrogens is 319 g/mol. The number of hydrogen-bond donors (Lipinski definition) is 0. The Morgan fingerprint density at radius 2 is 1.83 bits per heavy atom. The van der Waals surface area contributed by atoms with E-state index in [-0.39, 0.29) is 19.0 Å². The normalized spacial score (nSPS) is 23.0. The van der Waals surface area contributed by atoms with Crippen LogP contribution >= 0.6 is 11.6 Å². The molecule has 2 aliphatic rings. The van der Waals surface area contributed by atoms with Gasteiger partial charge in [-0.15, -0.1) is 0 Å². The number of halogens is 2. The minimum absolute atomic E-state index is 0.133. The average Bonchev–Trinajstić information content (AvgIpc) is 2.63. The number of amides is 1. The summed E-state index contributed by atoms with van der Waals surface area (Å²) in [6.07, 6.45) is -0.929. The minimum Gasteiger partial charge on any atom is -0.399 e. The number of nitrogens with zero attached hydrogens (tertiary/aromatic N) is 1. The molecule has 0 radical (unpaired) electrons. The van der Waals surface area contributed by atoms with Gasteiger partial charge < -0.3 is 14.2 Å². The van der Waals surface area contributed by atoms with Crippen LogP contribution in [0.1, 0.15) is 38.1 Å². The smallest absolute Gasteiger partial charge is 0.399 e. The highest BCUT2D eigenvalue weighted by Gasteiger charge is 2.51. The van der Waals surface area contributed by atoms with Crippen molar-refractivity contribution in [2.24, 2.45) is 0 Å². The second kappa shape index (κ2) is 5.47. The molecule has 0 bridgehead atoms. The van der Waals surface area contributed by atoms with Gasteiger partial charge in [0, 0.05) is 0 Å². The zero-order valence-corrected chi connectivity index (χ0v) is 14.5. The Hall–Kier alpha value is -1.11. The van der Waals surface area contributed by atoms with Gasteiger partial charge in [0.05, 0.1) is 34.9 Å². The Morgan fingerprint density at radius 1 is 1.26 bits per heavy atom. The van der Waals surface area contributed by atoms with Crippen LogP contribution in [0.25, 0.3) is 0 Å². The van der Waals surface area contributed by atoms with Gasteiger partial charge >= 0.3 is 7.12 Å². The molecule has 1 aromatic rings. The minimum atomic E-state index is -0.929. The summed E-state index contributed by atoms with van der Waals surface area (Å²) in [5.41, 5.74) is 0.259. The summed E-state index contributed by atoms with van der Waals surface area (Å²) in [4.78, 5) is 13.7. The van der Waals surface area contributed by atoms with E-state index in [9.17, 15) is 9.18 Å². The van der Waals surface area contributed by atoms with E-state index in [0.717, 1.165) is 5.46 Å². The highest BCUT2D eigenvalue weighted by Crippen LogP contribution is 2.36. The third-order valence-corrected chi connectivity index (χ3v) is 5.19. The van der Waals surface area contributed by atoms with E-state index in [1.807, 2.05) is 27.7 Å². The summed E-state index contributed by atoms with van der Waals surface area (Å²) in [6, 6.07) is 5.11. The van der Waals surface area contributed by atoms with Gasteiger partial charge in [0.15, 0.2) is 0 Å². The van der Waals surface area contributed by atoms with E-state index in [0.29, 0.717) is 10.6 Å². The molecule has 0 saturated carbocycles. The fourth-order valence-corrected chi connectivity index (χ4v) is 2.86. The van der Waals surface area contributed by atoms with Crippen molar-refractivity contribution < 1.29 is 18.5 Å². The van der Waals surface area contributed by atoms with Crippen LogP contribution in [0.2, 0.25) is 5.02 Å².